The highest BCUT2D eigenvalue weighted by atomic mass is 35.5. The van der Waals surface area contributed by atoms with Gasteiger partial charge in [0.25, 0.3) is 11.8 Å². The molecule has 2 amide bonds. The molecular formula is C21H16ClN5O2S. The van der Waals surface area contributed by atoms with Crippen LogP contribution >= 0.6 is 22.9 Å². The van der Waals surface area contributed by atoms with Crippen LogP contribution in [0.25, 0.3) is 5.82 Å². The number of anilines is 1. The summed E-state index contributed by atoms with van der Waals surface area (Å²) in [6.07, 6.45) is 6.85. The molecule has 0 fully saturated rings. The van der Waals surface area contributed by atoms with Crippen molar-refractivity contribution in [3.63, 3.8) is 0 Å². The van der Waals surface area contributed by atoms with Crippen LogP contribution < -0.4 is 10.6 Å². The van der Waals surface area contributed by atoms with Crippen LogP contribution in [0.2, 0.25) is 5.02 Å². The Kier molecular flexibility index (Phi) is 5.87. The summed E-state index contributed by atoms with van der Waals surface area (Å²) in [6, 6.07) is 12.0. The number of nitrogens with one attached hydrogen (secondary N) is 2. The fourth-order valence-corrected chi connectivity index (χ4v) is 3.49. The van der Waals surface area contributed by atoms with E-state index in [-0.39, 0.29) is 11.8 Å². The molecular weight excluding hydrogens is 422 g/mol. The molecule has 0 saturated heterocycles. The van der Waals surface area contributed by atoms with E-state index < -0.39 is 0 Å². The lowest BCUT2D eigenvalue weighted by atomic mass is 10.1. The first-order valence-corrected chi connectivity index (χ1v) is 10.2. The second kappa shape index (κ2) is 8.89. The van der Waals surface area contributed by atoms with Gasteiger partial charge in [-0.3, -0.25) is 14.2 Å². The number of carbonyl (C=O) groups is 2. The number of imidazole rings is 1. The van der Waals surface area contributed by atoms with E-state index >= 15 is 0 Å². The molecule has 2 N–H and O–H groups in total. The van der Waals surface area contributed by atoms with E-state index in [2.05, 4.69) is 20.6 Å². The number of nitrogens with zero attached hydrogens (tertiary/aromatic N) is 3. The summed E-state index contributed by atoms with van der Waals surface area (Å²) in [5.74, 6) is 0.192. The van der Waals surface area contributed by atoms with Crippen molar-refractivity contribution in [2.24, 2.45) is 0 Å². The van der Waals surface area contributed by atoms with E-state index in [0.717, 1.165) is 11.4 Å². The molecule has 3 aromatic heterocycles. The molecule has 0 aliphatic heterocycles. The minimum Gasteiger partial charge on any atom is -0.348 e. The molecule has 1 aromatic carbocycles. The van der Waals surface area contributed by atoms with Crippen LogP contribution in [0.1, 0.15) is 25.6 Å². The smallest absolute Gasteiger partial charge is 0.265 e. The van der Waals surface area contributed by atoms with E-state index in [1.165, 1.54) is 11.3 Å². The SMILES string of the molecule is O=C(NCc1ccc(-n2ccnc2)nc1)c1ccc(Cl)c(NC(=O)c2cccs2)c1. The zero-order valence-corrected chi connectivity index (χ0v) is 17.2. The number of pyridine rings is 1. The molecule has 9 heteroatoms. The van der Waals surface area contributed by atoms with Gasteiger partial charge in [-0.1, -0.05) is 23.7 Å². The predicted molar refractivity (Wildman–Crippen MR) is 116 cm³/mol. The van der Waals surface area contributed by atoms with Gasteiger partial charge in [0.05, 0.1) is 15.6 Å². The van der Waals surface area contributed by atoms with Crippen LogP contribution in [-0.4, -0.2) is 26.3 Å². The van der Waals surface area contributed by atoms with Crippen molar-refractivity contribution >= 4 is 40.4 Å². The average Bonchev–Trinajstić information content (AvgIpc) is 3.48. The Hall–Kier alpha value is -3.49. The minimum atomic E-state index is -0.281. The normalized spacial score (nSPS) is 10.6. The van der Waals surface area contributed by atoms with E-state index in [1.807, 2.05) is 17.5 Å². The van der Waals surface area contributed by atoms with E-state index in [9.17, 15) is 9.59 Å². The fourth-order valence-electron chi connectivity index (χ4n) is 2.71. The molecule has 0 aliphatic carbocycles. The highest BCUT2D eigenvalue weighted by Crippen LogP contribution is 2.24. The summed E-state index contributed by atoms with van der Waals surface area (Å²) in [5, 5.41) is 7.76. The number of hydrogen-bond acceptors (Lipinski definition) is 5. The third kappa shape index (κ3) is 4.56. The lowest BCUT2D eigenvalue weighted by Crippen LogP contribution is -2.23. The number of hydrogen-bond donors (Lipinski definition) is 2. The summed E-state index contributed by atoms with van der Waals surface area (Å²) in [6.45, 7) is 0.315. The highest BCUT2D eigenvalue weighted by Gasteiger charge is 2.13. The van der Waals surface area contributed by atoms with Crippen LogP contribution in [0, 0.1) is 0 Å². The van der Waals surface area contributed by atoms with Crippen LogP contribution in [0.15, 0.2) is 72.8 Å². The van der Waals surface area contributed by atoms with Crippen LogP contribution in [0.5, 0.6) is 0 Å². The Morgan fingerprint density at radius 3 is 2.73 bits per heavy atom. The molecule has 0 unspecified atom stereocenters. The van der Waals surface area contributed by atoms with Gasteiger partial charge in [0.1, 0.15) is 12.1 Å². The number of rotatable bonds is 6. The number of thiophene rings is 1. The Balaban J connectivity index is 1.40. The predicted octanol–water partition coefficient (Wildman–Crippen LogP) is 4.16. The maximum Gasteiger partial charge on any atom is 0.265 e. The maximum absolute atomic E-state index is 12.6. The summed E-state index contributed by atoms with van der Waals surface area (Å²) in [7, 11) is 0. The largest absolute Gasteiger partial charge is 0.348 e. The Morgan fingerprint density at radius 2 is 2.03 bits per heavy atom. The van der Waals surface area contributed by atoms with Gasteiger partial charge in [-0.05, 0) is 41.3 Å². The second-order valence-electron chi connectivity index (χ2n) is 6.30. The van der Waals surface area contributed by atoms with E-state index in [0.29, 0.717) is 27.7 Å². The number of halogens is 1. The number of carbonyl (C=O) groups excluding carboxylic acids is 2. The van der Waals surface area contributed by atoms with Gasteiger partial charge in [0.2, 0.25) is 0 Å². The quantitative estimate of drug-likeness (QED) is 0.474. The van der Waals surface area contributed by atoms with Gasteiger partial charge < -0.3 is 10.6 Å². The molecule has 0 bridgehead atoms. The monoisotopic (exact) mass is 437 g/mol. The third-order valence-corrected chi connectivity index (χ3v) is 5.45. The molecule has 30 heavy (non-hydrogen) atoms. The first-order valence-electron chi connectivity index (χ1n) is 8.96. The van der Waals surface area contributed by atoms with Crippen molar-refractivity contribution in [2.75, 3.05) is 5.32 Å². The third-order valence-electron chi connectivity index (χ3n) is 4.25. The van der Waals surface area contributed by atoms with Gasteiger partial charge >= 0.3 is 0 Å². The fraction of sp³-hybridized carbons (Fsp3) is 0.0476. The van der Waals surface area contributed by atoms with Crippen molar-refractivity contribution in [1.82, 2.24) is 19.9 Å². The topological polar surface area (TPSA) is 88.9 Å². The van der Waals surface area contributed by atoms with E-state index in [4.69, 9.17) is 11.6 Å². The molecule has 4 rings (SSSR count). The van der Waals surface area contributed by atoms with Crippen LogP contribution in [0.4, 0.5) is 5.69 Å². The average molecular weight is 438 g/mol. The van der Waals surface area contributed by atoms with Crippen molar-refractivity contribution in [3.8, 4) is 5.82 Å². The molecule has 0 aliphatic rings. The molecule has 0 spiro atoms. The van der Waals surface area contributed by atoms with Gasteiger partial charge in [0.15, 0.2) is 0 Å². The lowest BCUT2D eigenvalue weighted by molar-refractivity contribution is 0.0949. The Labute approximate surface area is 181 Å². The minimum absolute atomic E-state index is 0.270. The van der Waals surface area contributed by atoms with Gasteiger partial charge in [-0.2, -0.15) is 0 Å². The van der Waals surface area contributed by atoms with Crippen molar-refractivity contribution in [2.45, 2.75) is 6.54 Å². The zero-order valence-electron chi connectivity index (χ0n) is 15.6. The lowest BCUT2D eigenvalue weighted by Gasteiger charge is -2.10. The van der Waals surface area contributed by atoms with Crippen molar-refractivity contribution in [1.29, 1.82) is 0 Å². The Bertz CT molecular complexity index is 1160. The van der Waals surface area contributed by atoms with Gasteiger partial charge in [0, 0.05) is 30.7 Å². The van der Waals surface area contributed by atoms with E-state index in [1.54, 1.807) is 59.8 Å². The van der Waals surface area contributed by atoms with Crippen molar-refractivity contribution in [3.05, 3.63) is 93.8 Å². The number of aromatic nitrogens is 3. The number of benzene rings is 1. The molecule has 0 saturated carbocycles. The molecule has 4 aromatic rings. The first kappa shape index (κ1) is 19.8. The Morgan fingerprint density at radius 1 is 1.13 bits per heavy atom. The summed E-state index contributed by atoms with van der Waals surface area (Å²) in [5.41, 5.74) is 1.63. The first-order chi connectivity index (χ1) is 14.6. The zero-order chi connectivity index (χ0) is 20.9. The second-order valence-corrected chi connectivity index (χ2v) is 7.66. The molecule has 7 nitrogen and oxygen atoms in total. The van der Waals surface area contributed by atoms with Crippen LogP contribution in [-0.2, 0) is 6.54 Å². The van der Waals surface area contributed by atoms with Gasteiger partial charge in [-0.25, -0.2) is 9.97 Å². The van der Waals surface area contributed by atoms with Crippen LogP contribution in [0.3, 0.4) is 0 Å². The maximum atomic E-state index is 12.6. The molecule has 0 atom stereocenters. The summed E-state index contributed by atoms with van der Waals surface area (Å²) >= 11 is 7.51. The highest BCUT2D eigenvalue weighted by molar-refractivity contribution is 7.12. The molecule has 3 heterocycles. The van der Waals surface area contributed by atoms with Gasteiger partial charge in [-0.15, -0.1) is 11.3 Å². The van der Waals surface area contributed by atoms with Crippen molar-refractivity contribution < 1.29 is 9.59 Å². The summed E-state index contributed by atoms with van der Waals surface area (Å²) in [4.78, 5) is 33.7. The number of amides is 2. The standard InChI is InChI=1S/C21H16ClN5O2S/c22-16-5-4-15(10-17(16)26-21(29)18-2-1-9-30-18)20(28)25-12-14-3-6-19(24-11-14)27-8-7-23-13-27/h1-11,13H,12H2,(H,25,28)(H,26,29). The molecule has 0 radical (unpaired) electrons. The molecule has 150 valence electrons. The summed E-state index contributed by atoms with van der Waals surface area (Å²) < 4.78 is 1.79.